The Morgan fingerprint density at radius 2 is 1.32 bits per heavy atom. The number of imidazole rings is 1. The molecule has 5 rings (SSSR count). The number of hydrogen-bond acceptors (Lipinski definition) is 0. The Kier molecular flexibility index (Phi) is 10.4. The van der Waals surface area contributed by atoms with Gasteiger partial charge in [0, 0.05) is 5.92 Å². The van der Waals surface area contributed by atoms with Crippen LogP contribution in [0.15, 0.2) is 42.5 Å². The maximum absolute atomic E-state index is 14.4. The number of aromatic nitrogens is 2. The second-order valence-electron chi connectivity index (χ2n) is 6.81. The minimum Gasteiger partial charge on any atom is -1.00 e. The number of fused-ring (bicyclic) bond motifs is 1. The Labute approximate surface area is 211 Å². The third-order valence-corrected chi connectivity index (χ3v) is 4.92. The standard InChI is InChI=1S/C20H16F2N2.C5H5.Fe.HI/c1-23-17-11-4-5-12-18(17)24(13-14-7-2-3-8-14)20(23)19-15(21)9-6-10-16(19)22;1-2-4-5-3-1;;/h2-12H,13H2,1H3;1-5H;;1H/q+1;;+2;/p-1. The van der Waals surface area contributed by atoms with Crippen LogP contribution in [0.5, 0.6) is 0 Å². The van der Waals surface area contributed by atoms with E-state index in [9.17, 15) is 8.78 Å². The van der Waals surface area contributed by atoms with E-state index < -0.39 is 11.6 Å². The van der Waals surface area contributed by atoms with E-state index in [1.54, 1.807) is 0 Å². The molecule has 2 fully saturated rings. The number of para-hydroxylation sites is 2. The summed E-state index contributed by atoms with van der Waals surface area (Å²) in [7, 11) is 1.84. The van der Waals surface area contributed by atoms with Crippen molar-refractivity contribution in [2.45, 2.75) is 6.54 Å². The number of hydrogen-bond donors (Lipinski definition) is 0. The summed E-state index contributed by atoms with van der Waals surface area (Å²) < 4.78 is 32.7. The number of nitrogens with zero attached hydrogens (tertiary/aromatic N) is 2. The van der Waals surface area contributed by atoms with Crippen molar-refractivity contribution in [3.05, 3.63) is 118 Å². The molecule has 2 saturated carbocycles. The fourth-order valence-electron chi connectivity index (χ4n) is 3.58. The Bertz CT molecular complexity index is 951. The molecule has 1 aromatic heterocycles. The average molecular weight is 570 g/mol. The number of aryl methyl sites for hydroxylation is 1. The van der Waals surface area contributed by atoms with E-state index in [0.717, 1.165) is 17.0 Å². The van der Waals surface area contributed by atoms with Gasteiger partial charge in [-0.1, -0.05) is 18.2 Å². The zero-order valence-electron chi connectivity index (χ0n) is 16.8. The fourth-order valence-corrected chi connectivity index (χ4v) is 3.58. The number of halogens is 3. The molecule has 0 aliphatic heterocycles. The number of rotatable bonds is 3. The van der Waals surface area contributed by atoms with Gasteiger partial charge in [-0.05, 0) is 82.1 Å². The Morgan fingerprint density at radius 1 is 0.774 bits per heavy atom. The molecule has 10 radical (unpaired) electrons. The van der Waals surface area contributed by atoms with Gasteiger partial charge >= 0.3 is 17.1 Å². The zero-order chi connectivity index (χ0) is 20.2. The number of benzene rings is 2. The molecule has 2 aromatic carbocycles. The van der Waals surface area contributed by atoms with Crippen molar-refractivity contribution in [2.24, 2.45) is 7.05 Å². The van der Waals surface area contributed by atoms with E-state index >= 15 is 0 Å². The van der Waals surface area contributed by atoms with Gasteiger partial charge in [-0.3, -0.25) is 0 Å². The molecule has 1 heterocycles. The molecule has 0 spiro atoms. The molecule has 0 unspecified atom stereocenters. The van der Waals surface area contributed by atoms with Gasteiger partial charge in [0.1, 0.15) is 17.2 Å². The maximum Gasteiger partial charge on any atom is 2.00 e. The largest absolute Gasteiger partial charge is 2.00 e. The Hall–Kier alpha value is -0.981. The van der Waals surface area contributed by atoms with Crippen LogP contribution in [0.1, 0.15) is 0 Å². The molecule has 6 heteroatoms. The zero-order valence-corrected chi connectivity index (χ0v) is 20.1. The van der Waals surface area contributed by atoms with Crippen LogP contribution < -0.4 is 28.5 Å². The van der Waals surface area contributed by atoms with Crippen LogP contribution in [-0.2, 0) is 30.7 Å². The topological polar surface area (TPSA) is 8.81 Å². The molecule has 3 aromatic rings. The van der Waals surface area contributed by atoms with Crippen molar-refractivity contribution >= 4 is 11.0 Å². The van der Waals surface area contributed by atoms with Gasteiger partial charge in [0.15, 0.2) is 11.0 Å². The van der Waals surface area contributed by atoms with Crippen LogP contribution in [0, 0.1) is 75.3 Å². The Balaban J connectivity index is 0.000000432. The molecule has 0 bridgehead atoms. The molecule has 0 amide bonds. The normalized spacial score (nSPS) is 15.8. The summed E-state index contributed by atoms with van der Waals surface area (Å²) in [5, 5.41) is 0. The minimum absolute atomic E-state index is 0. The first kappa shape index (κ1) is 26.3. The molecule has 31 heavy (non-hydrogen) atoms. The summed E-state index contributed by atoms with van der Waals surface area (Å²) in [6.07, 6.45) is 17.9. The first-order valence-electron chi connectivity index (χ1n) is 9.45. The molecule has 2 aliphatic rings. The van der Waals surface area contributed by atoms with Gasteiger partial charge in [0.05, 0.1) is 13.6 Å². The second-order valence-corrected chi connectivity index (χ2v) is 6.81. The summed E-state index contributed by atoms with van der Waals surface area (Å²) in [5.74, 6) is 0.497. The first-order valence-corrected chi connectivity index (χ1v) is 9.45. The third kappa shape index (κ3) is 5.88. The molecule has 0 N–H and O–H groups in total. The molecule has 2 nitrogen and oxygen atoms in total. The SMILES string of the molecule is C[n+]1c(-c2c(F)cccc2F)n(C[C]2[CH][CH][CH][CH]2)c2ccccc21.[CH]1[CH][CH][CH][CH]1.[Fe+2].[I-]. The van der Waals surface area contributed by atoms with E-state index in [2.05, 4.69) is 0 Å². The summed E-state index contributed by atoms with van der Waals surface area (Å²) in [4.78, 5) is 0. The first-order chi connectivity index (χ1) is 14.2. The van der Waals surface area contributed by atoms with Crippen molar-refractivity contribution in [3.63, 3.8) is 0 Å². The van der Waals surface area contributed by atoms with Crippen LogP contribution in [0.25, 0.3) is 22.4 Å². The van der Waals surface area contributed by atoms with E-state index in [-0.39, 0.29) is 46.6 Å². The molecular weight excluding hydrogens is 549 g/mol. The van der Waals surface area contributed by atoms with E-state index in [0.29, 0.717) is 12.4 Å². The van der Waals surface area contributed by atoms with Gasteiger partial charge in [0.2, 0.25) is 0 Å². The van der Waals surface area contributed by atoms with Gasteiger partial charge in [-0.2, -0.15) is 0 Å². The monoisotopic (exact) mass is 570 g/mol. The van der Waals surface area contributed by atoms with Crippen LogP contribution >= 0.6 is 0 Å². The summed E-state index contributed by atoms with van der Waals surface area (Å²) in [6.45, 7) is 0.553. The smallest absolute Gasteiger partial charge is 1.00 e. The average Bonchev–Trinajstić information content (AvgIpc) is 3.49. The van der Waals surface area contributed by atoms with Crippen molar-refractivity contribution in [3.8, 4) is 11.4 Å². The summed E-state index contributed by atoms with van der Waals surface area (Å²) in [5.41, 5.74) is 1.88. The van der Waals surface area contributed by atoms with Gasteiger partial charge in [0.25, 0.3) is 5.82 Å². The van der Waals surface area contributed by atoms with Crippen LogP contribution in [0.2, 0.25) is 0 Å². The maximum atomic E-state index is 14.4. The third-order valence-electron chi connectivity index (χ3n) is 4.92. The predicted octanol–water partition coefficient (Wildman–Crippen LogP) is 1.84. The predicted molar refractivity (Wildman–Crippen MR) is 110 cm³/mol. The van der Waals surface area contributed by atoms with Crippen LogP contribution in [0.3, 0.4) is 0 Å². The fraction of sp³-hybridized carbons (Fsp3) is 0.0800. The van der Waals surface area contributed by atoms with Crippen LogP contribution in [-0.4, -0.2) is 4.57 Å². The summed E-state index contributed by atoms with van der Waals surface area (Å²) >= 11 is 0. The quantitative estimate of drug-likeness (QED) is 0.259. The molecule has 158 valence electrons. The van der Waals surface area contributed by atoms with Crippen molar-refractivity contribution in [1.29, 1.82) is 0 Å². The van der Waals surface area contributed by atoms with Gasteiger partial charge in [-0.25, -0.2) is 17.9 Å². The van der Waals surface area contributed by atoms with E-state index in [1.807, 2.05) is 98.2 Å². The van der Waals surface area contributed by atoms with E-state index in [4.69, 9.17) is 0 Å². The summed E-state index contributed by atoms with van der Waals surface area (Å²) in [6, 6.07) is 11.8. The van der Waals surface area contributed by atoms with Crippen molar-refractivity contribution in [1.82, 2.24) is 4.57 Å². The molecule has 0 saturated heterocycles. The van der Waals surface area contributed by atoms with Crippen LogP contribution in [0.4, 0.5) is 8.78 Å². The van der Waals surface area contributed by atoms with Gasteiger partial charge in [-0.15, -0.1) is 0 Å². The molecule has 2 aliphatic carbocycles. The van der Waals surface area contributed by atoms with Gasteiger partial charge < -0.3 is 24.0 Å². The minimum atomic E-state index is -0.558. The second kappa shape index (κ2) is 12.3. The molecule has 0 atom stereocenters. The van der Waals surface area contributed by atoms with E-state index in [1.165, 1.54) is 18.2 Å². The Morgan fingerprint density at radius 3 is 1.90 bits per heavy atom. The van der Waals surface area contributed by atoms with Crippen molar-refractivity contribution in [2.75, 3.05) is 0 Å². The molecular formula is C25H21F2FeIN2+2. The van der Waals surface area contributed by atoms with Crippen molar-refractivity contribution < 1.29 is 54.4 Å².